The van der Waals surface area contributed by atoms with E-state index in [-0.39, 0.29) is 23.2 Å². The van der Waals surface area contributed by atoms with E-state index in [4.69, 9.17) is 5.73 Å². The van der Waals surface area contributed by atoms with Crippen molar-refractivity contribution in [3.8, 4) is 0 Å². The van der Waals surface area contributed by atoms with Crippen LogP contribution in [-0.4, -0.2) is 48.6 Å². The number of carbonyl (C=O) groups excluding carboxylic acids is 1. The van der Waals surface area contributed by atoms with Gasteiger partial charge in [-0.05, 0) is 19.8 Å². The average Bonchev–Trinajstić information content (AvgIpc) is 3.05. The number of carbonyl (C=O) groups is 1. The number of hydrogen-bond acceptors (Lipinski definition) is 5. The smallest absolute Gasteiger partial charge is 0.246 e. The van der Waals surface area contributed by atoms with Crippen molar-refractivity contribution in [1.29, 1.82) is 0 Å². The fourth-order valence-corrected chi connectivity index (χ4v) is 3.15. The Morgan fingerprint density at radius 1 is 1.45 bits per heavy atom. The molecule has 0 spiro atoms. The molecule has 9 heteroatoms. The average molecular weight is 301 g/mol. The van der Waals surface area contributed by atoms with Crippen molar-refractivity contribution in [2.24, 2.45) is 0 Å². The van der Waals surface area contributed by atoms with Gasteiger partial charge in [0.05, 0.1) is 6.54 Å². The van der Waals surface area contributed by atoms with Crippen LogP contribution in [0.4, 0.5) is 5.82 Å². The van der Waals surface area contributed by atoms with Gasteiger partial charge >= 0.3 is 0 Å². The van der Waals surface area contributed by atoms with Gasteiger partial charge in [-0.15, -0.1) is 0 Å². The molecule has 0 unspecified atom stereocenters. The number of hydrogen-bond donors (Lipinski definition) is 2. The summed E-state index contributed by atoms with van der Waals surface area (Å²) in [7, 11) is -3.81. The van der Waals surface area contributed by atoms with Crippen LogP contribution in [0.15, 0.2) is 11.1 Å². The molecule has 3 N–H and O–H groups in total. The summed E-state index contributed by atoms with van der Waals surface area (Å²) in [4.78, 5) is 13.4. The highest BCUT2D eigenvalue weighted by atomic mass is 32.2. The normalized spacial score (nSPS) is 15.8. The number of nitrogen functional groups attached to an aromatic ring is 1. The third-order valence-corrected chi connectivity index (χ3v) is 4.66. The van der Waals surface area contributed by atoms with E-state index in [0.29, 0.717) is 19.6 Å². The van der Waals surface area contributed by atoms with E-state index in [1.165, 1.54) is 10.9 Å². The summed E-state index contributed by atoms with van der Waals surface area (Å²) < 4.78 is 27.9. The highest BCUT2D eigenvalue weighted by molar-refractivity contribution is 7.89. The Kier molecular flexibility index (Phi) is 4.29. The summed E-state index contributed by atoms with van der Waals surface area (Å²) in [5.41, 5.74) is 5.59. The summed E-state index contributed by atoms with van der Waals surface area (Å²) in [5, 5.41) is 3.88. The van der Waals surface area contributed by atoms with Crippen LogP contribution in [0.25, 0.3) is 0 Å². The van der Waals surface area contributed by atoms with E-state index >= 15 is 0 Å². The zero-order valence-corrected chi connectivity index (χ0v) is 12.2. The molecule has 1 amide bonds. The standard InChI is InChI=1S/C11H19N5O3S/c1-2-16-8-9(11(12)14-16)20(18,19)13-7-10(17)15-5-3-4-6-15/h8,13H,2-7H2,1H3,(H2,12,14). The van der Waals surface area contributed by atoms with Crippen molar-refractivity contribution in [3.63, 3.8) is 0 Å². The number of anilines is 1. The number of nitrogens with zero attached hydrogens (tertiary/aromatic N) is 3. The summed E-state index contributed by atoms with van der Waals surface area (Å²) in [5.74, 6) is -0.277. The molecule has 20 heavy (non-hydrogen) atoms. The molecule has 8 nitrogen and oxygen atoms in total. The third-order valence-electron chi connectivity index (χ3n) is 3.24. The lowest BCUT2D eigenvalue weighted by Gasteiger charge is -2.15. The predicted octanol–water partition coefficient (Wildman–Crippen LogP) is -0.614. The van der Waals surface area contributed by atoms with Crippen LogP contribution in [-0.2, 0) is 21.4 Å². The van der Waals surface area contributed by atoms with E-state index in [1.807, 2.05) is 6.92 Å². The molecular formula is C11H19N5O3S. The Morgan fingerprint density at radius 3 is 2.65 bits per heavy atom. The number of aromatic nitrogens is 2. The van der Waals surface area contributed by atoms with Crippen LogP contribution >= 0.6 is 0 Å². The van der Waals surface area contributed by atoms with Crippen molar-refractivity contribution in [1.82, 2.24) is 19.4 Å². The molecule has 0 saturated carbocycles. The van der Waals surface area contributed by atoms with Gasteiger partial charge in [-0.2, -0.15) is 5.10 Å². The monoisotopic (exact) mass is 301 g/mol. The van der Waals surface area contributed by atoms with Crippen molar-refractivity contribution < 1.29 is 13.2 Å². The number of nitrogens with one attached hydrogen (secondary N) is 1. The van der Waals surface area contributed by atoms with Gasteiger partial charge in [0.25, 0.3) is 0 Å². The van der Waals surface area contributed by atoms with E-state index < -0.39 is 10.0 Å². The lowest BCUT2D eigenvalue weighted by atomic mass is 10.4. The zero-order valence-electron chi connectivity index (χ0n) is 11.4. The van der Waals surface area contributed by atoms with Crippen LogP contribution in [0.2, 0.25) is 0 Å². The molecule has 1 aliphatic heterocycles. The second-order valence-corrected chi connectivity index (χ2v) is 6.38. The molecule has 0 aliphatic carbocycles. The molecule has 2 heterocycles. The first kappa shape index (κ1) is 14.8. The highest BCUT2D eigenvalue weighted by Crippen LogP contribution is 2.16. The second-order valence-electron chi connectivity index (χ2n) is 4.65. The molecule has 2 rings (SSSR count). The van der Waals surface area contributed by atoms with Crippen molar-refractivity contribution in [2.75, 3.05) is 25.4 Å². The third kappa shape index (κ3) is 3.10. The summed E-state index contributed by atoms with van der Waals surface area (Å²) in [6.07, 6.45) is 3.29. The number of sulfonamides is 1. The van der Waals surface area contributed by atoms with Crippen molar-refractivity contribution >= 4 is 21.7 Å². The van der Waals surface area contributed by atoms with Crippen molar-refractivity contribution in [2.45, 2.75) is 31.2 Å². The maximum atomic E-state index is 12.1. The number of rotatable bonds is 5. The molecule has 0 radical (unpaired) electrons. The molecule has 1 aliphatic rings. The van der Waals surface area contributed by atoms with E-state index in [0.717, 1.165) is 12.8 Å². The van der Waals surface area contributed by atoms with Gasteiger partial charge in [-0.1, -0.05) is 0 Å². The molecule has 1 saturated heterocycles. The molecule has 1 aromatic heterocycles. The fraction of sp³-hybridized carbons (Fsp3) is 0.636. The SMILES string of the molecule is CCn1cc(S(=O)(=O)NCC(=O)N2CCCC2)c(N)n1. The maximum Gasteiger partial charge on any atom is 0.246 e. The van der Waals surface area contributed by atoms with Crippen LogP contribution in [0.1, 0.15) is 19.8 Å². The topological polar surface area (TPSA) is 110 Å². The molecule has 0 aromatic carbocycles. The van der Waals surface area contributed by atoms with Crippen LogP contribution in [0.3, 0.4) is 0 Å². The lowest BCUT2D eigenvalue weighted by Crippen LogP contribution is -2.38. The van der Waals surface area contributed by atoms with Gasteiger partial charge < -0.3 is 10.6 Å². The first-order valence-corrected chi connectivity index (χ1v) is 8.02. The van der Waals surface area contributed by atoms with Crippen molar-refractivity contribution in [3.05, 3.63) is 6.20 Å². The zero-order chi connectivity index (χ0) is 14.8. The molecule has 0 bridgehead atoms. The Bertz CT molecular complexity index is 589. The number of likely N-dealkylation sites (tertiary alicyclic amines) is 1. The summed E-state index contributed by atoms with van der Waals surface area (Å²) in [6.45, 7) is 3.48. The lowest BCUT2D eigenvalue weighted by molar-refractivity contribution is -0.128. The highest BCUT2D eigenvalue weighted by Gasteiger charge is 2.24. The van der Waals surface area contributed by atoms with Gasteiger partial charge in [-0.25, -0.2) is 13.1 Å². The predicted molar refractivity (Wildman–Crippen MR) is 73.3 cm³/mol. The quantitative estimate of drug-likeness (QED) is 0.753. The summed E-state index contributed by atoms with van der Waals surface area (Å²) in [6, 6.07) is 0. The minimum Gasteiger partial charge on any atom is -0.381 e. The minimum absolute atomic E-state index is 0.0621. The Hall–Kier alpha value is -1.61. The van der Waals surface area contributed by atoms with Crippen LogP contribution < -0.4 is 10.5 Å². The van der Waals surface area contributed by atoms with Gasteiger partial charge in [0.15, 0.2) is 5.82 Å². The molecule has 0 atom stereocenters. The Labute approximate surface area is 118 Å². The minimum atomic E-state index is -3.81. The van der Waals surface area contributed by atoms with E-state index in [9.17, 15) is 13.2 Å². The van der Waals surface area contributed by atoms with Gasteiger partial charge in [0.1, 0.15) is 4.90 Å². The maximum absolute atomic E-state index is 12.1. The summed E-state index contributed by atoms with van der Waals surface area (Å²) >= 11 is 0. The largest absolute Gasteiger partial charge is 0.381 e. The van der Waals surface area contributed by atoms with Gasteiger partial charge in [0.2, 0.25) is 15.9 Å². The van der Waals surface area contributed by atoms with E-state index in [2.05, 4.69) is 9.82 Å². The Balaban J connectivity index is 2.03. The number of amides is 1. The Morgan fingerprint density at radius 2 is 2.10 bits per heavy atom. The first-order valence-electron chi connectivity index (χ1n) is 6.54. The molecule has 1 fully saturated rings. The molecular weight excluding hydrogens is 282 g/mol. The molecule has 112 valence electrons. The second kappa shape index (κ2) is 5.80. The number of nitrogens with two attached hydrogens (primary N) is 1. The first-order chi connectivity index (χ1) is 9.44. The van der Waals surface area contributed by atoms with Crippen LogP contribution in [0, 0.1) is 0 Å². The molecule has 1 aromatic rings. The van der Waals surface area contributed by atoms with Gasteiger partial charge in [-0.3, -0.25) is 9.48 Å². The van der Waals surface area contributed by atoms with Gasteiger partial charge in [0, 0.05) is 25.8 Å². The number of aryl methyl sites for hydroxylation is 1. The van der Waals surface area contributed by atoms with E-state index in [1.54, 1.807) is 4.90 Å². The van der Waals surface area contributed by atoms with Crippen LogP contribution in [0.5, 0.6) is 0 Å². The fourth-order valence-electron chi connectivity index (χ4n) is 2.10.